The third-order valence-electron chi connectivity index (χ3n) is 4.21. The van der Waals surface area contributed by atoms with Crippen molar-refractivity contribution in [1.29, 1.82) is 0 Å². The van der Waals surface area contributed by atoms with Crippen LogP contribution in [0.25, 0.3) is 0 Å². The molecule has 1 saturated heterocycles. The van der Waals surface area contributed by atoms with Gasteiger partial charge in [0.15, 0.2) is 11.6 Å². The highest BCUT2D eigenvalue weighted by Crippen LogP contribution is 2.23. The molecule has 150 valence electrons. The van der Waals surface area contributed by atoms with Crippen molar-refractivity contribution in [2.24, 2.45) is 4.99 Å². The van der Waals surface area contributed by atoms with Crippen LogP contribution >= 0.6 is 0 Å². The van der Waals surface area contributed by atoms with Crippen LogP contribution in [0.5, 0.6) is 5.75 Å². The van der Waals surface area contributed by atoms with Gasteiger partial charge in [0, 0.05) is 32.4 Å². The van der Waals surface area contributed by atoms with Crippen LogP contribution in [0.2, 0.25) is 0 Å². The summed E-state index contributed by atoms with van der Waals surface area (Å²) in [5.41, 5.74) is 2.60. The van der Waals surface area contributed by atoms with E-state index in [2.05, 4.69) is 15.5 Å². The molecule has 2 N–H and O–H groups in total. The van der Waals surface area contributed by atoms with Crippen LogP contribution in [0.4, 0.5) is 15.9 Å². The van der Waals surface area contributed by atoms with E-state index in [1.54, 1.807) is 12.3 Å². The minimum Gasteiger partial charge on any atom is -0.488 e. The van der Waals surface area contributed by atoms with E-state index < -0.39 is 0 Å². The molecular weight excluding hydrogens is 361 g/mol. The second-order valence-corrected chi connectivity index (χ2v) is 7.54. The average Bonchev–Trinajstić information content (AvgIpc) is 2.67. The molecule has 0 spiro atoms. The van der Waals surface area contributed by atoms with Gasteiger partial charge in [-0.1, -0.05) is 0 Å². The van der Waals surface area contributed by atoms with E-state index in [1.165, 1.54) is 6.07 Å². The molecule has 1 aromatic heterocycles. The number of piperazine rings is 1. The van der Waals surface area contributed by atoms with E-state index >= 15 is 0 Å². The largest absolute Gasteiger partial charge is 0.488 e. The first-order valence-corrected chi connectivity index (χ1v) is 9.24. The first kappa shape index (κ1) is 19.9. The number of hydroxylamine groups is 1. The van der Waals surface area contributed by atoms with E-state index in [0.717, 1.165) is 5.75 Å². The van der Waals surface area contributed by atoms with Crippen LogP contribution in [-0.4, -0.2) is 52.8 Å². The Hall–Kier alpha value is -2.87. The maximum absolute atomic E-state index is 13.9. The number of aliphatic imine (C=N–C) groups is 1. The van der Waals surface area contributed by atoms with Gasteiger partial charge in [-0.2, -0.15) is 0 Å². The van der Waals surface area contributed by atoms with E-state index in [4.69, 9.17) is 4.74 Å². The predicted octanol–water partition coefficient (Wildman–Crippen LogP) is 3.19. The second-order valence-electron chi connectivity index (χ2n) is 7.54. The molecule has 0 unspecified atom stereocenters. The molecule has 2 heterocycles. The molecule has 3 rings (SSSR count). The van der Waals surface area contributed by atoms with Crippen molar-refractivity contribution in [2.75, 3.05) is 31.1 Å². The second kappa shape index (κ2) is 8.43. The molecule has 0 saturated carbocycles. The monoisotopic (exact) mass is 387 g/mol. The summed E-state index contributed by atoms with van der Waals surface area (Å²) in [4.78, 5) is 12.4. The summed E-state index contributed by atoms with van der Waals surface area (Å²) in [5.74, 6) is 1.14. The number of nitrogens with one attached hydrogen (secondary N) is 1. The number of hydrogen-bond acceptors (Lipinski definition) is 5. The molecule has 8 heteroatoms. The molecule has 28 heavy (non-hydrogen) atoms. The minimum absolute atomic E-state index is 0.268. The molecule has 0 radical (unpaired) electrons. The van der Waals surface area contributed by atoms with Crippen LogP contribution < -0.4 is 15.1 Å². The fourth-order valence-corrected chi connectivity index (χ4v) is 2.97. The van der Waals surface area contributed by atoms with Gasteiger partial charge in [-0.25, -0.2) is 19.8 Å². The number of aromatic nitrogens is 1. The first-order chi connectivity index (χ1) is 13.4. The highest BCUT2D eigenvalue weighted by atomic mass is 19.1. The van der Waals surface area contributed by atoms with Crippen molar-refractivity contribution in [1.82, 2.24) is 15.4 Å². The number of guanidine groups is 1. The van der Waals surface area contributed by atoms with Crippen molar-refractivity contribution in [3.63, 3.8) is 0 Å². The number of ether oxygens (including phenoxy) is 1. The molecule has 0 aliphatic carbocycles. The van der Waals surface area contributed by atoms with Gasteiger partial charge in [0.25, 0.3) is 0 Å². The normalized spacial score (nSPS) is 15.5. The Bertz CT molecular complexity index is 812. The van der Waals surface area contributed by atoms with Crippen molar-refractivity contribution < 1.29 is 14.3 Å². The lowest BCUT2D eigenvalue weighted by Crippen LogP contribution is -2.52. The van der Waals surface area contributed by atoms with Crippen molar-refractivity contribution in [3.05, 3.63) is 48.4 Å². The van der Waals surface area contributed by atoms with Gasteiger partial charge in [-0.15, -0.1) is 0 Å². The van der Waals surface area contributed by atoms with Crippen LogP contribution in [-0.2, 0) is 0 Å². The van der Waals surface area contributed by atoms with Gasteiger partial charge in [-0.05, 0) is 57.2 Å². The maximum Gasteiger partial charge on any atom is 0.223 e. The van der Waals surface area contributed by atoms with Gasteiger partial charge >= 0.3 is 0 Å². The summed E-state index contributed by atoms with van der Waals surface area (Å²) in [5, 5.41) is 9.54. The summed E-state index contributed by atoms with van der Waals surface area (Å²) in [6.07, 6.45) is 1.58. The highest BCUT2D eigenvalue weighted by molar-refractivity contribution is 5.82. The van der Waals surface area contributed by atoms with Gasteiger partial charge in [0.2, 0.25) is 5.96 Å². The van der Waals surface area contributed by atoms with Gasteiger partial charge in [0.1, 0.15) is 11.4 Å². The number of halogens is 1. The Kier molecular flexibility index (Phi) is 5.99. The number of nitrogens with zero attached hydrogens (tertiary/aromatic N) is 4. The highest BCUT2D eigenvalue weighted by Gasteiger charge is 2.22. The zero-order valence-corrected chi connectivity index (χ0v) is 16.4. The summed E-state index contributed by atoms with van der Waals surface area (Å²) < 4.78 is 19.7. The van der Waals surface area contributed by atoms with Crippen molar-refractivity contribution in [2.45, 2.75) is 26.4 Å². The van der Waals surface area contributed by atoms with Crippen LogP contribution in [0.15, 0.2) is 47.6 Å². The Morgan fingerprint density at radius 3 is 2.39 bits per heavy atom. The first-order valence-electron chi connectivity index (χ1n) is 9.24. The van der Waals surface area contributed by atoms with Crippen LogP contribution in [0.3, 0.4) is 0 Å². The van der Waals surface area contributed by atoms with Gasteiger partial charge < -0.3 is 14.5 Å². The summed E-state index contributed by atoms with van der Waals surface area (Å²) in [7, 11) is 0. The molecule has 7 nitrogen and oxygen atoms in total. The SMILES string of the molecule is CC(C)(C)Oc1ccc(N=C(NO)N2CCN(c3ncccc3F)CC2)cc1. The topological polar surface area (TPSA) is 73.2 Å². The molecule has 1 aliphatic rings. The molecule has 0 amide bonds. The zero-order valence-electron chi connectivity index (χ0n) is 16.4. The maximum atomic E-state index is 13.9. The van der Waals surface area contributed by atoms with Crippen molar-refractivity contribution >= 4 is 17.5 Å². The lowest BCUT2D eigenvalue weighted by Gasteiger charge is -2.36. The lowest BCUT2D eigenvalue weighted by atomic mass is 10.2. The number of rotatable bonds is 3. The third-order valence-corrected chi connectivity index (χ3v) is 4.21. The third kappa shape index (κ3) is 5.10. The summed E-state index contributed by atoms with van der Waals surface area (Å²) in [6.45, 7) is 8.28. The Morgan fingerprint density at radius 1 is 1.14 bits per heavy atom. The van der Waals surface area contributed by atoms with Crippen LogP contribution in [0.1, 0.15) is 20.8 Å². The summed E-state index contributed by atoms with van der Waals surface area (Å²) in [6, 6.07) is 10.3. The Balaban J connectivity index is 1.65. The number of hydrogen-bond donors (Lipinski definition) is 2. The van der Waals surface area contributed by atoms with Crippen molar-refractivity contribution in [3.8, 4) is 5.75 Å². The number of anilines is 1. The van der Waals surface area contributed by atoms with E-state index in [0.29, 0.717) is 43.6 Å². The van der Waals surface area contributed by atoms with Gasteiger partial charge in [-0.3, -0.25) is 5.21 Å². The van der Waals surface area contributed by atoms with E-state index in [9.17, 15) is 9.60 Å². The van der Waals surface area contributed by atoms with E-state index in [-0.39, 0.29) is 11.4 Å². The smallest absolute Gasteiger partial charge is 0.223 e. The van der Waals surface area contributed by atoms with Gasteiger partial charge in [0.05, 0.1) is 5.69 Å². The molecular formula is C20H26FN5O2. The fourth-order valence-electron chi connectivity index (χ4n) is 2.97. The molecule has 0 atom stereocenters. The number of benzene rings is 1. The zero-order chi connectivity index (χ0) is 20.1. The molecule has 1 aromatic carbocycles. The standard InChI is InChI=1S/C20H26FN5O2/c1-20(2,3)28-16-8-6-15(7-9-16)23-19(24-27)26-13-11-25(12-14-26)18-17(21)5-4-10-22-18/h4-10,27H,11-14H2,1-3H3,(H,23,24). The molecule has 0 bridgehead atoms. The minimum atomic E-state index is -0.331. The predicted molar refractivity (Wildman–Crippen MR) is 107 cm³/mol. The molecule has 2 aromatic rings. The molecule has 1 fully saturated rings. The lowest BCUT2D eigenvalue weighted by molar-refractivity contribution is 0.131. The quantitative estimate of drug-likeness (QED) is 0.479. The summed E-state index contributed by atoms with van der Waals surface area (Å²) >= 11 is 0. The van der Waals surface area contributed by atoms with E-state index in [1.807, 2.05) is 54.8 Å². The average molecular weight is 387 g/mol. The molecule has 1 aliphatic heterocycles. The van der Waals surface area contributed by atoms with Crippen LogP contribution in [0, 0.1) is 5.82 Å². The Labute approximate surface area is 164 Å². The number of pyridine rings is 1. The Morgan fingerprint density at radius 2 is 1.82 bits per heavy atom. The fraction of sp³-hybridized carbons (Fsp3) is 0.400.